The molecule has 0 saturated carbocycles. The lowest BCUT2D eigenvalue weighted by atomic mass is 10.2. The number of methoxy groups -OCH3 is 1. The number of halogens is 3. The summed E-state index contributed by atoms with van der Waals surface area (Å²) in [5.41, 5.74) is 2.97. The van der Waals surface area contributed by atoms with E-state index in [9.17, 15) is 4.79 Å². The molecule has 3 rings (SSSR count). The molecular weight excluding hydrogens is 403 g/mol. The second kappa shape index (κ2) is 7.62. The van der Waals surface area contributed by atoms with Crippen LogP contribution in [-0.2, 0) is 0 Å². The van der Waals surface area contributed by atoms with Gasteiger partial charge in [-0.05, 0) is 30.3 Å². The highest BCUT2D eigenvalue weighted by molar-refractivity contribution is 7.21. The molecule has 3 aromatic rings. The lowest BCUT2D eigenvalue weighted by Crippen LogP contribution is -2.16. The number of rotatable bonds is 4. The Labute approximate surface area is 163 Å². The average molecular weight is 414 g/mol. The number of thiophene rings is 1. The van der Waals surface area contributed by atoms with Crippen LogP contribution in [0.3, 0.4) is 0 Å². The lowest BCUT2D eigenvalue weighted by Gasteiger charge is -2.01. The number of hydrogen-bond donors (Lipinski definition) is 1. The van der Waals surface area contributed by atoms with Crippen LogP contribution in [0.4, 0.5) is 0 Å². The molecule has 1 aromatic heterocycles. The summed E-state index contributed by atoms with van der Waals surface area (Å²) in [4.78, 5) is 12.7. The van der Waals surface area contributed by atoms with Gasteiger partial charge in [-0.1, -0.05) is 40.9 Å². The number of nitrogens with one attached hydrogen (secondary N) is 1. The smallest absolute Gasteiger partial charge is 0.283 e. The van der Waals surface area contributed by atoms with Gasteiger partial charge in [-0.2, -0.15) is 5.10 Å². The highest BCUT2D eigenvalue weighted by Gasteiger charge is 2.17. The Hall–Kier alpha value is -1.79. The maximum absolute atomic E-state index is 12.4. The Morgan fingerprint density at radius 2 is 1.92 bits per heavy atom. The number of hydrogen-bond acceptors (Lipinski definition) is 4. The van der Waals surface area contributed by atoms with Gasteiger partial charge in [0.25, 0.3) is 5.91 Å². The molecule has 25 heavy (non-hydrogen) atoms. The Morgan fingerprint density at radius 1 is 1.20 bits per heavy atom. The van der Waals surface area contributed by atoms with Crippen molar-refractivity contribution in [3.63, 3.8) is 0 Å². The topological polar surface area (TPSA) is 50.7 Å². The van der Waals surface area contributed by atoms with Gasteiger partial charge in [0.2, 0.25) is 0 Å². The minimum absolute atomic E-state index is 0.368. The van der Waals surface area contributed by atoms with E-state index >= 15 is 0 Å². The predicted molar refractivity (Wildman–Crippen MR) is 105 cm³/mol. The van der Waals surface area contributed by atoms with Crippen molar-refractivity contribution in [2.45, 2.75) is 0 Å². The molecule has 0 aliphatic carbocycles. The van der Waals surface area contributed by atoms with Gasteiger partial charge in [0.1, 0.15) is 10.6 Å². The van der Waals surface area contributed by atoms with Crippen LogP contribution in [0, 0.1) is 0 Å². The summed E-state index contributed by atoms with van der Waals surface area (Å²) < 4.78 is 6.04. The first-order valence-corrected chi connectivity index (χ1v) is 8.99. The fourth-order valence-electron chi connectivity index (χ4n) is 2.16. The Kier molecular flexibility index (Phi) is 5.49. The zero-order chi connectivity index (χ0) is 18.0. The molecule has 0 radical (unpaired) electrons. The number of benzene rings is 2. The molecular formula is C17H11Cl3N2O2S. The largest absolute Gasteiger partial charge is 0.497 e. The van der Waals surface area contributed by atoms with Crippen molar-refractivity contribution in [3.05, 3.63) is 61.9 Å². The van der Waals surface area contributed by atoms with Crippen LogP contribution >= 0.6 is 46.1 Å². The average Bonchev–Trinajstić information content (AvgIpc) is 2.93. The number of amides is 1. The summed E-state index contributed by atoms with van der Waals surface area (Å²) in [5, 5.41) is 5.97. The summed E-state index contributed by atoms with van der Waals surface area (Å²) >= 11 is 19.7. The second-order valence-electron chi connectivity index (χ2n) is 4.94. The van der Waals surface area contributed by atoms with Gasteiger partial charge in [-0.25, -0.2) is 5.43 Å². The molecule has 0 atom stereocenters. The number of ether oxygens (including phenoxy) is 1. The van der Waals surface area contributed by atoms with E-state index in [1.807, 2.05) is 12.1 Å². The first-order valence-electron chi connectivity index (χ1n) is 7.04. The fourth-order valence-corrected chi connectivity index (χ4v) is 4.09. The molecule has 0 unspecified atom stereocenters. The van der Waals surface area contributed by atoms with Crippen molar-refractivity contribution >= 4 is 68.3 Å². The molecule has 0 spiro atoms. The van der Waals surface area contributed by atoms with Gasteiger partial charge >= 0.3 is 0 Å². The van der Waals surface area contributed by atoms with Crippen molar-refractivity contribution in [3.8, 4) is 5.75 Å². The third-order valence-corrected chi connectivity index (χ3v) is 5.72. The molecule has 128 valence electrons. The molecule has 1 N–H and O–H groups in total. The number of fused-ring (bicyclic) bond motifs is 1. The van der Waals surface area contributed by atoms with Crippen molar-refractivity contribution in [2.75, 3.05) is 7.11 Å². The van der Waals surface area contributed by atoms with E-state index < -0.39 is 5.91 Å². The summed E-state index contributed by atoms with van der Waals surface area (Å²) in [6.07, 6.45) is 1.40. The van der Waals surface area contributed by atoms with Gasteiger partial charge in [-0.15, -0.1) is 11.3 Å². The number of hydrazone groups is 1. The zero-order valence-electron chi connectivity index (χ0n) is 12.8. The first-order chi connectivity index (χ1) is 12.0. The van der Waals surface area contributed by atoms with Crippen LogP contribution in [0.15, 0.2) is 41.5 Å². The van der Waals surface area contributed by atoms with Crippen molar-refractivity contribution in [1.82, 2.24) is 5.43 Å². The molecule has 1 amide bonds. The van der Waals surface area contributed by atoms with Gasteiger partial charge in [0.15, 0.2) is 0 Å². The van der Waals surface area contributed by atoms with Crippen LogP contribution in [0.2, 0.25) is 15.1 Å². The Morgan fingerprint density at radius 3 is 2.60 bits per heavy atom. The van der Waals surface area contributed by atoms with E-state index in [1.165, 1.54) is 17.6 Å². The van der Waals surface area contributed by atoms with E-state index in [0.717, 1.165) is 10.1 Å². The molecule has 0 fully saturated rings. The third-order valence-electron chi connectivity index (χ3n) is 3.40. The lowest BCUT2D eigenvalue weighted by molar-refractivity contribution is 0.0959. The molecule has 4 nitrogen and oxygen atoms in total. The SMILES string of the molecule is COc1ccc2c(Cl)c(C(=O)N/N=C/c3c(Cl)cccc3Cl)sc2c1. The summed E-state index contributed by atoms with van der Waals surface area (Å²) in [6, 6.07) is 10.5. The third kappa shape index (κ3) is 3.75. The van der Waals surface area contributed by atoms with Crippen LogP contribution in [0.1, 0.15) is 15.2 Å². The first kappa shape index (κ1) is 18.0. The van der Waals surface area contributed by atoms with E-state index in [4.69, 9.17) is 39.5 Å². The minimum atomic E-state index is -0.412. The molecule has 8 heteroatoms. The normalized spacial score (nSPS) is 11.2. The monoisotopic (exact) mass is 412 g/mol. The van der Waals surface area contributed by atoms with E-state index in [-0.39, 0.29) is 0 Å². The van der Waals surface area contributed by atoms with Crippen LogP contribution in [-0.4, -0.2) is 19.2 Å². The van der Waals surface area contributed by atoms with E-state index in [1.54, 1.807) is 31.4 Å². The molecule has 1 heterocycles. The van der Waals surface area contributed by atoms with Crippen molar-refractivity contribution in [1.29, 1.82) is 0 Å². The van der Waals surface area contributed by atoms with Crippen LogP contribution in [0.25, 0.3) is 10.1 Å². The summed E-state index contributed by atoms with van der Waals surface area (Å²) in [5.74, 6) is 0.286. The van der Waals surface area contributed by atoms with Gasteiger partial charge in [-0.3, -0.25) is 4.79 Å². The molecule has 0 aliphatic rings. The minimum Gasteiger partial charge on any atom is -0.497 e. The maximum Gasteiger partial charge on any atom is 0.283 e. The Bertz CT molecular complexity index is 965. The maximum atomic E-state index is 12.4. The highest BCUT2D eigenvalue weighted by atomic mass is 35.5. The molecule has 0 bridgehead atoms. The van der Waals surface area contributed by atoms with Gasteiger partial charge < -0.3 is 4.74 Å². The molecule has 0 aliphatic heterocycles. The summed E-state index contributed by atoms with van der Waals surface area (Å²) in [7, 11) is 1.58. The second-order valence-corrected chi connectivity index (χ2v) is 7.19. The summed E-state index contributed by atoms with van der Waals surface area (Å²) in [6.45, 7) is 0. The molecule has 2 aromatic carbocycles. The van der Waals surface area contributed by atoms with E-state index in [2.05, 4.69) is 10.5 Å². The van der Waals surface area contributed by atoms with Crippen LogP contribution < -0.4 is 10.2 Å². The number of nitrogens with zero attached hydrogens (tertiary/aromatic N) is 1. The number of carbonyl (C=O) groups excluding carboxylic acids is 1. The van der Waals surface area contributed by atoms with Crippen molar-refractivity contribution in [2.24, 2.45) is 5.10 Å². The zero-order valence-corrected chi connectivity index (χ0v) is 15.9. The van der Waals surface area contributed by atoms with Gasteiger partial charge in [0, 0.05) is 15.6 Å². The number of carbonyl (C=O) groups is 1. The van der Waals surface area contributed by atoms with E-state index in [0.29, 0.717) is 31.3 Å². The highest BCUT2D eigenvalue weighted by Crippen LogP contribution is 2.37. The fraction of sp³-hybridized carbons (Fsp3) is 0.0588. The Balaban J connectivity index is 1.83. The molecule has 0 saturated heterocycles. The quantitative estimate of drug-likeness (QED) is 0.445. The van der Waals surface area contributed by atoms with Crippen LogP contribution in [0.5, 0.6) is 5.75 Å². The standard InChI is InChI=1S/C17H11Cl3N2O2S/c1-24-9-5-6-10-14(7-9)25-16(15(10)20)17(23)22-21-8-11-12(18)3-2-4-13(11)19/h2-8H,1H3,(H,22,23)/b21-8+. The van der Waals surface area contributed by atoms with Crippen molar-refractivity contribution < 1.29 is 9.53 Å². The predicted octanol–water partition coefficient (Wildman–Crippen LogP) is 5.63. The van der Waals surface area contributed by atoms with Gasteiger partial charge in [0.05, 0.1) is 28.4 Å².